The van der Waals surface area contributed by atoms with Gasteiger partial charge in [0.05, 0.1) is 15.9 Å². The number of carbonyl (C=O) groups is 1. The number of hydrogen-bond donors (Lipinski definition) is 0. The predicted molar refractivity (Wildman–Crippen MR) is 72.3 cm³/mol. The first-order valence-electron chi connectivity index (χ1n) is 5.66. The maximum absolute atomic E-state index is 12.0. The van der Waals surface area contributed by atoms with E-state index in [1.54, 1.807) is 17.1 Å². The molecule has 0 spiro atoms. The minimum atomic E-state index is 0.159. The fourth-order valence-electron chi connectivity index (χ4n) is 1.85. The van der Waals surface area contributed by atoms with E-state index in [1.165, 1.54) is 0 Å². The highest BCUT2D eigenvalue weighted by Crippen LogP contribution is 2.21. The Morgan fingerprint density at radius 1 is 1.44 bits per heavy atom. The Morgan fingerprint density at radius 3 is 2.78 bits per heavy atom. The molecular weight excluding hydrogens is 294 g/mol. The lowest BCUT2D eigenvalue weighted by molar-refractivity contribution is -0.117. The molecule has 0 aliphatic heterocycles. The van der Waals surface area contributed by atoms with Crippen LogP contribution in [-0.4, -0.2) is 20.5 Å². The maximum atomic E-state index is 12.0. The van der Waals surface area contributed by atoms with Gasteiger partial charge in [-0.3, -0.25) is 14.5 Å². The second-order valence-electron chi connectivity index (χ2n) is 4.22. The van der Waals surface area contributed by atoms with Gasteiger partial charge in [0, 0.05) is 32.3 Å². The second kappa shape index (κ2) is 5.44. The maximum Gasteiger partial charge on any atom is 0.143 e. The van der Waals surface area contributed by atoms with Crippen LogP contribution in [0, 0.1) is 6.92 Å². The van der Waals surface area contributed by atoms with E-state index in [9.17, 15) is 4.79 Å². The lowest BCUT2D eigenvalue weighted by atomic mass is 10.1. The topological polar surface area (TPSA) is 47.8 Å². The molecule has 2 heterocycles. The Kier molecular flexibility index (Phi) is 3.91. The molecule has 5 heteroatoms. The minimum absolute atomic E-state index is 0.159. The molecule has 2 rings (SSSR count). The number of carbonyl (C=O) groups excluding carboxylic acids is 1. The Morgan fingerprint density at radius 2 is 2.22 bits per heavy atom. The van der Waals surface area contributed by atoms with E-state index in [1.807, 2.05) is 26.1 Å². The van der Waals surface area contributed by atoms with Gasteiger partial charge in [-0.25, -0.2) is 0 Å². The summed E-state index contributed by atoms with van der Waals surface area (Å²) in [5.41, 5.74) is 2.76. The molecule has 4 nitrogen and oxygen atoms in total. The van der Waals surface area contributed by atoms with Crippen LogP contribution in [0.5, 0.6) is 0 Å². The number of halogens is 1. The first kappa shape index (κ1) is 13.0. The molecule has 0 aliphatic rings. The van der Waals surface area contributed by atoms with Gasteiger partial charge in [-0.15, -0.1) is 0 Å². The molecule has 0 fully saturated rings. The summed E-state index contributed by atoms with van der Waals surface area (Å²) in [6.45, 7) is 1.92. The van der Waals surface area contributed by atoms with Crippen LogP contribution in [-0.2, 0) is 24.7 Å². The summed E-state index contributed by atoms with van der Waals surface area (Å²) in [4.78, 5) is 16.0. The van der Waals surface area contributed by atoms with Crippen molar-refractivity contribution >= 4 is 21.7 Å². The molecule has 0 bridgehead atoms. The van der Waals surface area contributed by atoms with Gasteiger partial charge in [0.1, 0.15) is 5.78 Å². The Hall–Kier alpha value is -1.49. The summed E-state index contributed by atoms with van der Waals surface area (Å²) in [5, 5.41) is 4.28. The zero-order valence-electron chi connectivity index (χ0n) is 10.4. The number of hydrogen-bond acceptors (Lipinski definition) is 3. The van der Waals surface area contributed by atoms with E-state index >= 15 is 0 Å². The highest BCUT2D eigenvalue weighted by atomic mass is 79.9. The van der Waals surface area contributed by atoms with Crippen molar-refractivity contribution in [3.8, 4) is 0 Å². The van der Waals surface area contributed by atoms with Gasteiger partial charge in [0.25, 0.3) is 0 Å². The lowest BCUT2D eigenvalue weighted by Gasteiger charge is -2.03. The molecule has 18 heavy (non-hydrogen) atoms. The molecule has 0 saturated heterocycles. The fraction of sp³-hybridized carbons (Fsp3) is 0.308. The normalized spacial score (nSPS) is 10.6. The first-order valence-corrected chi connectivity index (χ1v) is 6.46. The number of rotatable bonds is 4. The molecule has 0 radical (unpaired) electrons. The van der Waals surface area contributed by atoms with Gasteiger partial charge in [0.15, 0.2) is 0 Å². The number of nitrogens with zero attached hydrogens (tertiary/aromatic N) is 3. The highest BCUT2D eigenvalue weighted by molar-refractivity contribution is 9.10. The second-order valence-corrected chi connectivity index (χ2v) is 5.02. The van der Waals surface area contributed by atoms with E-state index in [0.717, 1.165) is 21.4 Å². The van der Waals surface area contributed by atoms with Crippen LogP contribution >= 0.6 is 15.9 Å². The van der Waals surface area contributed by atoms with E-state index in [2.05, 4.69) is 26.0 Å². The number of ketones is 1. The monoisotopic (exact) mass is 307 g/mol. The highest BCUT2D eigenvalue weighted by Gasteiger charge is 2.14. The molecule has 0 unspecified atom stereocenters. The first-order chi connectivity index (χ1) is 8.58. The van der Waals surface area contributed by atoms with Crippen molar-refractivity contribution < 1.29 is 4.79 Å². The zero-order chi connectivity index (χ0) is 13.1. The quantitative estimate of drug-likeness (QED) is 0.870. The standard InChI is InChI=1S/C13H14BrN3O/c1-9-13(14)12(17(2)16-9)7-11(18)6-10-4-3-5-15-8-10/h3-5,8H,6-7H2,1-2H3. The summed E-state index contributed by atoms with van der Waals surface area (Å²) in [6, 6.07) is 3.75. The van der Waals surface area contributed by atoms with Crippen LogP contribution in [0.3, 0.4) is 0 Å². The van der Waals surface area contributed by atoms with Crippen molar-refractivity contribution in [3.05, 3.63) is 46.0 Å². The van der Waals surface area contributed by atoms with Crippen LogP contribution in [0.4, 0.5) is 0 Å². The molecule has 94 valence electrons. The van der Waals surface area contributed by atoms with Gasteiger partial charge in [-0.2, -0.15) is 5.10 Å². The number of pyridine rings is 1. The third-order valence-electron chi connectivity index (χ3n) is 2.75. The van der Waals surface area contributed by atoms with Gasteiger partial charge in [0.2, 0.25) is 0 Å². The average Bonchev–Trinajstić information content (AvgIpc) is 2.57. The molecular formula is C13H14BrN3O. The van der Waals surface area contributed by atoms with Crippen molar-refractivity contribution in [2.75, 3.05) is 0 Å². The predicted octanol–water partition coefficient (Wildman–Crippen LogP) is 2.24. The average molecular weight is 308 g/mol. The van der Waals surface area contributed by atoms with Gasteiger partial charge in [-0.1, -0.05) is 6.07 Å². The van der Waals surface area contributed by atoms with Crippen molar-refractivity contribution in [3.63, 3.8) is 0 Å². The van der Waals surface area contributed by atoms with E-state index < -0.39 is 0 Å². The smallest absolute Gasteiger partial charge is 0.143 e. The molecule has 2 aromatic heterocycles. The van der Waals surface area contributed by atoms with Gasteiger partial charge >= 0.3 is 0 Å². The summed E-state index contributed by atoms with van der Waals surface area (Å²) >= 11 is 3.47. The number of aromatic nitrogens is 3. The van der Waals surface area contributed by atoms with Crippen molar-refractivity contribution in [1.29, 1.82) is 0 Å². The minimum Gasteiger partial charge on any atom is -0.299 e. The molecule has 0 saturated carbocycles. The van der Waals surface area contributed by atoms with Crippen molar-refractivity contribution in [2.24, 2.45) is 7.05 Å². The van der Waals surface area contributed by atoms with Crippen LogP contribution in [0.25, 0.3) is 0 Å². The summed E-state index contributed by atoms with van der Waals surface area (Å²) in [6.07, 6.45) is 4.22. The van der Waals surface area contributed by atoms with Crippen LogP contribution < -0.4 is 0 Å². The molecule has 0 atom stereocenters. The van der Waals surface area contributed by atoms with Crippen LogP contribution in [0.1, 0.15) is 17.0 Å². The fourth-order valence-corrected chi connectivity index (χ4v) is 2.33. The van der Waals surface area contributed by atoms with Crippen molar-refractivity contribution in [1.82, 2.24) is 14.8 Å². The number of Topliss-reactive ketones (excluding diaryl/α,β-unsaturated/α-hetero) is 1. The summed E-state index contributed by atoms with van der Waals surface area (Å²) in [5.74, 6) is 0.159. The van der Waals surface area contributed by atoms with Gasteiger partial charge in [-0.05, 0) is 34.5 Å². The molecule has 0 aromatic carbocycles. The zero-order valence-corrected chi connectivity index (χ0v) is 11.9. The Bertz CT molecular complexity index is 563. The summed E-state index contributed by atoms with van der Waals surface area (Å²) in [7, 11) is 1.85. The molecule has 0 aliphatic carbocycles. The summed E-state index contributed by atoms with van der Waals surface area (Å²) < 4.78 is 2.67. The van der Waals surface area contributed by atoms with Crippen LogP contribution in [0.2, 0.25) is 0 Å². The van der Waals surface area contributed by atoms with Gasteiger partial charge < -0.3 is 0 Å². The third kappa shape index (κ3) is 2.85. The third-order valence-corrected chi connectivity index (χ3v) is 3.78. The molecule has 0 N–H and O–H groups in total. The Labute approximate surface area is 114 Å². The van der Waals surface area contributed by atoms with E-state index in [0.29, 0.717) is 12.8 Å². The van der Waals surface area contributed by atoms with E-state index in [4.69, 9.17) is 0 Å². The molecule has 0 amide bonds. The SMILES string of the molecule is Cc1nn(C)c(CC(=O)Cc2cccnc2)c1Br. The largest absolute Gasteiger partial charge is 0.299 e. The lowest BCUT2D eigenvalue weighted by Crippen LogP contribution is -2.10. The van der Waals surface area contributed by atoms with Crippen LogP contribution in [0.15, 0.2) is 29.0 Å². The van der Waals surface area contributed by atoms with E-state index in [-0.39, 0.29) is 5.78 Å². The Balaban J connectivity index is 2.08. The molecule has 2 aromatic rings. The number of aryl methyl sites for hydroxylation is 2. The van der Waals surface area contributed by atoms with Crippen molar-refractivity contribution in [2.45, 2.75) is 19.8 Å².